The molecule has 1 heterocycles. The summed E-state index contributed by atoms with van der Waals surface area (Å²) in [6.45, 7) is 2.60. The normalized spacial score (nSPS) is 10.4. The summed E-state index contributed by atoms with van der Waals surface area (Å²) in [7, 11) is 6.15. The van der Waals surface area contributed by atoms with Crippen molar-refractivity contribution < 1.29 is 28.5 Å². The van der Waals surface area contributed by atoms with Crippen molar-refractivity contribution >= 4 is 28.3 Å². The van der Waals surface area contributed by atoms with E-state index in [0.717, 1.165) is 0 Å². The number of nitrogens with zero attached hydrogens (tertiary/aromatic N) is 3. The Bertz CT molecular complexity index is 847. The van der Waals surface area contributed by atoms with Crippen LogP contribution in [0.1, 0.15) is 13.3 Å². The highest BCUT2D eigenvalue weighted by Gasteiger charge is 2.17. The summed E-state index contributed by atoms with van der Waals surface area (Å²) in [5, 5.41) is 11.8. The summed E-state index contributed by atoms with van der Waals surface area (Å²) >= 11 is 1.21. The van der Waals surface area contributed by atoms with E-state index in [1.807, 2.05) is 0 Å². The van der Waals surface area contributed by atoms with Gasteiger partial charge in [-0.1, -0.05) is 11.3 Å². The molecule has 0 radical (unpaired) electrons. The predicted molar refractivity (Wildman–Crippen MR) is 112 cm³/mol. The van der Waals surface area contributed by atoms with Crippen LogP contribution in [-0.4, -0.2) is 75.0 Å². The van der Waals surface area contributed by atoms with E-state index in [1.54, 1.807) is 24.1 Å². The molecule has 0 atom stereocenters. The second-order valence-electron chi connectivity index (χ2n) is 6.12. The molecule has 0 unspecified atom stereocenters. The highest BCUT2D eigenvalue weighted by Crippen LogP contribution is 2.42. The van der Waals surface area contributed by atoms with Gasteiger partial charge in [-0.05, 0) is 12.1 Å². The van der Waals surface area contributed by atoms with Gasteiger partial charge in [0.1, 0.15) is 5.01 Å². The van der Waals surface area contributed by atoms with Crippen molar-refractivity contribution in [1.29, 1.82) is 0 Å². The fourth-order valence-electron chi connectivity index (χ4n) is 2.64. The van der Waals surface area contributed by atoms with E-state index in [0.29, 0.717) is 52.6 Å². The van der Waals surface area contributed by atoms with Crippen LogP contribution in [0.4, 0.5) is 5.13 Å². The van der Waals surface area contributed by atoms with Crippen LogP contribution in [0.3, 0.4) is 0 Å². The molecule has 2 rings (SSSR count). The Balaban J connectivity index is 2.06. The van der Waals surface area contributed by atoms with Gasteiger partial charge >= 0.3 is 0 Å². The first-order valence-electron chi connectivity index (χ1n) is 9.11. The standard InChI is InChI=1S/C19H26N4O6S/c1-12(24)23(8-9-26-2)7-6-16(25)20-19-22-21-18(30-19)13-10-14(27-3)17(29-5)15(11-13)28-4/h10-11H,6-9H2,1-5H3,(H,20,22,25). The summed E-state index contributed by atoms with van der Waals surface area (Å²) in [5.74, 6) is 1.10. The zero-order chi connectivity index (χ0) is 22.1. The van der Waals surface area contributed by atoms with Crippen LogP contribution in [0.2, 0.25) is 0 Å². The fraction of sp³-hybridized carbons (Fsp3) is 0.474. The van der Waals surface area contributed by atoms with E-state index in [2.05, 4.69) is 15.5 Å². The Morgan fingerprint density at radius 2 is 1.70 bits per heavy atom. The number of hydrogen-bond donors (Lipinski definition) is 1. The summed E-state index contributed by atoms with van der Waals surface area (Å²) in [6.07, 6.45) is 0.141. The Kier molecular flexibility index (Phi) is 8.81. The van der Waals surface area contributed by atoms with Gasteiger partial charge in [-0.15, -0.1) is 10.2 Å². The maximum Gasteiger partial charge on any atom is 0.227 e. The molecule has 0 saturated heterocycles. The number of hydrogen-bond acceptors (Lipinski definition) is 9. The van der Waals surface area contributed by atoms with Crippen molar-refractivity contribution in [3.63, 3.8) is 0 Å². The van der Waals surface area contributed by atoms with E-state index in [1.165, 1.54) is 39.6 Å². The lowest BCUT2D eigenvalue weighted by molar-refractivity contribution is -0.130. The van der Waals surface area contributed by atoms with Gasteiger partial charge in [0.15, 0.2) is 11.5 Å². The lowest BCUT2D eigenvalue weighted by atomic mass is 10.2. The smallest absolute Gasteiger partial charge is 0.227 e. The van der Waals surface area contributed by atoms with Crippen LogP contribution in [0, 0.1) is 0 Å². The van der Waals surface area contributed by atoms with Crippen molar-refractivity contribution in [3.8, 4) is 27.8 Å². The molecule has 30 heavy (non-hydrogen) atoms. The number of anilines is 1. The monoisotopic (exact) mass is 438 g/mol. The number of nitrogens with one attached hydrogen (secondary N) is 1. The topological polar surface area (TPSA) is 112 Å². The van der Waals surface area contributed by atoms with Gasteiger partial charge in [0, 0.05) is 39.1 Å². The molecule has 10 nitrogen and oxygen atoms in total. The Labute approximate surface area is 179 Å². The number of aromatic nitrogens is 2. The van der Waals surface area contributed by atoms with Gasteiger partial charge in [0.25, 0.3) is 0 Å². The zero-order valence-electron chi connectivity index (χ0n) is 17.7. The summed E-state index contributed by atoms with van der Waals surface area (Å²) in [5.41, 5.74) is 0.713. The molecule has 0 spiro atoms. The largest absolute Gasteiger partial charge is 0.493 e. The van der Waals surface area contributed by atoms with E-state index in [4.69, 9.17) is 18.9 Å². The zero-order valence-corrected chi connectivity index (χ0v) is 18.5. The minimum absolute atomic E-state index is 0.111. The summed E-state index contributed by atoms with van der Waals surface area (Å²) in [6, 6.07) is 3.52. The molecular formula is C19H26N4O6S. The van der Waals surface area contributed by atoms with Gasteiger partial charge in [0.05, 0.1) is 27.9 Å². The van der Waals surface area contributed by atoms with Gasteiger partial charge in [-0.2, -0.15) is 0 Å². The van der Waals surface area contributed by atoms with Gasteiger partial charge in [0.2, 0.25) is 22.7 Å². The van der Waals surface area contributed by atoms with Gasteiger partial charge < -0.3 is 29.2 Å². The second-order valence-corrected chi connectivity index (χ2v) is 7.10. The average Bonchev–Trinajstić information content (AvgIpc) is 3.20. The van der Waals surface area contributed by atoms with E-state index < -0.39 is 0 Å². The first kappa shape index (κ1) is 23.4. The minimum Gasteiger partial charge on any atom is -0.493 e. The van der Waals surface area contributed by atoms with Gasteiger partial charge in [-0.3, -0.25) is 9.59 Å². The molecule has 164 valence electrons. The van der Waals surface area contributed by atoms with Crippen LogP contribution in [0.15, 0.2) is 12.1 Å². The molecule has 0 aliphatic heterocycles. The van der Waals surface area contributed by atoms with Crippen molar-refractivity contribution in [3.05, 3.63) is 12.1 Å². The molecule has 1 aromatic carbocycles. The molecular weight excluding hydrogens is 412 g/mol. The maximum absolute atomic E-state index is 12.2. The molecule has 0 aliphatic rings. The SMILES string of the molecule is COCCN(CCC(=O)Nc1nnc(-c2cc(OC)c(OC)c(OC)c2)s1)C(C)=O. The first-order valence-corrected chi connectivity index (χ1v) is 9.93. The van der Waals surface area contributed by atoms with Crippen molar-refractivity contribution in [2.45, 2.75) is 13.3 Å². The lowest BCUT2D eigenvalue weighted by Gasteiger charge is -2.19. The van der Waals surface area contributed by atoms with Crippen LogP contribution in [-0.2, 0) is 14.3 Å². The van der Waals surface area contributed by atoms with Crippen LogP contribution in [0.5, 0.6) is 17.2 Å². The number of methoxy groups -OCH3 is 4. The van der Waals surface area contributed by atoms with E-state index in [9.17, 15) is 9.59 Å². The number of ether oxygens (including phenoxy) is 4. The number of carbonyl (C=O) groups is 2. The minimum atomic E-state index is -0.258. The number of carbonyl (C=O) groups excluding carboxylic acids is 2. The number of benzene rings is 1. The van der Waals surface area contributed by atoms with Crippen molar-refractivity contribution in [2.24, 2.45) is 0 Å². The third-order valence-corrected chi connectivity index (χ3v) is 5.09. The number of rotatable bonds is 11. The van der Waals surface area contributed by atoms with Crippen LogP contribution >= 0.6 is 11.3 Å². The molecule has 2 aromatic rings. The highest BCUT2D eigenvalue weighted by atomic mass is 32.1. The van der Waals surface area contributed by atoms with E-state index in [-0.39, 0.29) is 18.2 Å². The molecule has 2 amide bonds. The summed E-state index contributed by atoms with van der Waals surface area (Å²) < 4.78 is 21.0. The third-order valence-electron chi connectivity index (χ3n) is 4.20. The maximum atomic E-state index is 12.2. The Morgan fingerprint density at radius 1 is 1.03 bits per heavy atom. The quantitative estimate of drug-likeness (QED) is 0.567. The Hall–Kier alpha value is -2.92. The van der Waals surface area contributed by atoms with Crippen molar-refractivity contribution in [2.75, 3.05) is 53.5 Å². The van der Waals surface area contributed by atoms with Crippen LogP contribution < -0.4 is 19.5 Å². The fourth-order valence-corrected chi connectivity index (χ4v) is 3.39. The van der Waals surface area contributed by atoms with Gasteiger partial charge in [-0.25, -0.2) is 0 Å². The molecule has 0 bridgehead atoms. The van der Waals surface area contributed by atoms with Crippen molar-refractivity contribution in [1.82, 2.24) is 15.1 Å². The molecule has 0 aliphatic carbocycles. The lowest BCUT2D eigenvalue weighted by Crippen LogP contribution is -2.34. The van der Waals surface area contributed by atoms with Crippen LogP contribution in [0.25, 0.3) is 10.6 Å². The molecule has 0 fully saturated rings. The second kappa shape index (κ2) is 11.3. The molecule has 0 saturated carbocycles. The molecule has 1 aromatic heterocycles. The average molecular weight is 439 g/mol. The number of amides is 2. The molecule has 1 N–H and O–H groups in total. The first-order chi connectivity index (χ1) is 14.4. The Morgan fingerprint density at radius 3 is 2.23 bits per heavy atom. The van der Waals surface area contributed by atoms with E-state index >= 15 is 0 Å². The third kappa shape index (κ3) is 6.04. The highest BCUT2D eigenvalue weighted by molar-refractivity contribution is 7.18. The predicted octanol–water partition coefficient (Wildman–Crippen LogP) is 2.05. The molecule has 11 heteroatoms. The summed E-state index contributed by atoms with van der Waals surface area (Å²) in [4.78, 5) is 25.4.